The number of fused-ring (bicyclic) bond motifs is 3. The van der Waals surface area contributed by atoms with Gasteiger partial charge in [0.15, 0.2) is 23.0 Å². The summed E-state index contributed by atoms with van der Waals surface area (Å²) in [6.45, 7) is 1.07. The predicted molar refractivity (Wildman–Crippen MR) is 127 cm³/mol. The third kappa shape index (κ3) is 3.32. The van der Waals surface area contributed by atoms with Gasteiger partial charge in [-0.2, -0.15) is 0 Å². The number of carbonyl (C=O) groups excluding carboxylic acids is 4. The molecule has 36 heavy (non-hydrogen) atoms. The Morgan fingerprint density at radius 3 is 2.36 bits per heavy atom. The third-order valence-corrected chi connectivity index (χ3v) is 7.56. The molecule has 3 aliphatic carbocycles. The van der Waals surface area contributed by atoms with Crippen LogP contribution in [0.15, 0.2) is 65.1 Å². The number of aromatic hydroxyl groups is 1. The van der Waals surface area contributed by atoms with Crippen molar-refractivity contribution in [2.45, 2.75) is 38.2 Å². The molecule has 2 aromatic rings. The van der Waals surface area contributed by atoms with E-state index in [1.165, 1.54) is 12.1 Å². The number of phenols is 1. The molecule has 5 rings (SSSR count). The molecular formula is C28H24O8. The number of carbonyl (C=O) groups is 4. The summed E-state index contributed by atoms with van der Waals surface area (Å²) in [6.07, 6.45) is 0.0136. The molecule has 0 aromatic heterocycles. The lowest BCUT2D eigenvalue weighted by Crippen LogP contribution is -2.56. The molecule has 2 aromatic carbocycles. The summed E-state index contributed by atoms with van der Waals surface area (Å²) in [5, 5.41) is 43.3. The number of hydrogen-bond acceptors (Lipinski definition) is 8. The first-order valence-corrected chi connectivity index (χ1v) is 11.7. The van der Waals surface area contributed by atoms with Gasteiger partial charge >= 0.3 is 0 Å². The highest BCUT2D eigenvalue weighted by atomic mass is 16.3. The van der Waals surface area contributed by atoms with Crippen molar-refractivity contribution >= 4 is 23.1 Å². The number of aliphatic hydroxyl groups is 3. The predicted octanol–water partition coefficient (Wildman–Crippen LogP) is 3.11. The lowest BCUT2D eigenvalue weighted by Gasteiger charge is -2.45. The van der Waals surface area contributed by atoms with Gasteiger partial charge in [0.2, 0.25) is 5.78 Å². The maximum absolute atomic E-state index is 13.6. The van der Waals surface area contributed by atoms with Crippen LogP contribution in [0.3, 0.4) is 0 Å². The summed E-state index contributed by atoms with van der Waals surface area (Å²) in [5.41, 5.74) is -2.09. The largest absolute Gasteiger partial charge is 0.511 e. The number of benzene rings is 2. The first kappa shape index (κ1) is 23.7. The van der Waals surface area contributed by atoms with Gasteiger partial charge in [0, 0.05) is 29.9 Å². The Bertz CT molecular complexity index is 1410. The monoisotopic (exact) mass is 488 g/mol. The van der Waals surface area contributed by atoms with Crippen molar-refractivity contribution in [1.29, 1.82) is 0 Å². The van der Waals surface area contributed by atoms with Gasteiger partial charge < -0.3 is 20.4 Å². The molecule has 0 fully saturated rings. The van der Waals surface area contributed by atoms with Gasteiger partial charge in [0.1, 0.15) is 22.8 Å². The zero-order chi connectivity index (χ0) is 25.9. The van der Waals surface area contributed by atoms with Crippen LogP contribution in [0.5, 0.6) is 5.75 Å². The second-order valence-electron chi connectivity index (χ2n) is 9.67. The average molecular weight is 488 g/mol. The Balaban J connectivity index is 1.61. The molecule has 0 heterocycles. The van der Waals surface area contributed by atoms with Crippen molar-refractivity contribution in [2.75, 3.05) is 0 Å². The molecule has 0 radical (unpaired) electrons. The summed E-state index contributed by atoms with van der Waals surface area (Å²) >= 11 is 0. The minimum Gasteiger partial charge on any atom is -0.511 e. The Morgan fingerprint density at radius 1 is 1.00 bits per heavy atom. The molecule has 0 unspecified atom stereocenters. The number of allylic oxidation sites excluding steroid dienone is 2. The maximum Gasteiger partial charge on any atom is 0.209 e. The molecule has 8 heteroatoms. The molecule has 4 N–H and O–H groups in total. The molecule has 0 bridgehead atoms. The van der Waals surface area contributed by atoms with Crippen molar-refractivity contribution in [3.8, 4) is 5.75 Å². The lowest BCUT2D eigenvalue weighted by atomic mass is 9.60. The fraction of sp³-hybridized carbons (Fsp3) is 0.286. The number of rotatable bonds is 4. The molecule has 184 valence electrons. The molecule has 0 saturated heterocycles. The van der Waals surface area contributed by atoms with Gasteiger partial charge in [-0.3, -0.25) is 19.2 Å². The molecule has 3 atom stereocenters. The zero-order valence-electron chi connectivity index (χ0n) is 19.4. The van der Waals surface area contributed by atoms with Crippen LogP contribution in [0.1, 0.15) is 51.6 Å². The van der Waals surface area contributed by atoms with E-state index in [1.807, 2.05) is 30.3 Å². The van der Waals surface area contributed by atoms with E-state index in [0.717, 1.165) is 12.5 Å². The van der Waals surface area contributed by atoms with E-state index in [4.69, 9.17) is 0 Å². The average Bonchev–Trinajstić information content (AvgIpc) is 2.82. The Kier molecular flexibility index (Phi) is 5.44. The van der Waals surface area contributed by atoms with Crippen LogP contribution in [0.4, 0.5) is 0 Å². The second-order valence-corrected chi connectivity index (χ2v) is 9.67. The Hall–Kier alpha value is -4.04. The van der Waals surface area contributed by atoms with E-state index in [-0.39, 0.29) is 53.9 Å². The van der Waals surface area contributed by atoms with Crippen molar-refractivity contribution in [1.82, 2.24) is 0 Å². The van der Waals surface area contributed by atoms with Crippen LogP contribution in [0, 0.1) is 11.8 Å². The summed E-state index contributed by atoms with van der Waals surface area (Å²) in [6, 6.07) is 11.8. The Morgan fingerprint density at radius 2 is 1.69 bits per heavy atom. The van der Waals surface area contributed by atoms with E-state index < -0.39 is 51.9 Å². The van der Waals surface area contributed by atoms with Crippen LogP contribution in [-0.2, 0) is 22.4 Å². The van der Waals surface area contributed by atoms with E-state index >= 15 is 0 Å². The van der Waals surface area contributed by atoms with Crippen LogP contribution in [0.25, 0.3) is 0 Å². The topological polar surface area (TPSA) is 149 Å². The van der Waals surface area contributed by atoms with Gasteiger partial charge in [-0.05, 0) is 48.9 Å². The second kappa shape index (κ2) is 8.27. The first-order chi connectivity index (χ1) is 17.1. The van der Waals surface area contributed by atoms with Crippen molar-refractivity contribution in [2.24, 2.45) is 11.8 Å². The number of phenolic OH excluding ortho intramolecular Hbond substituents is 1. The highest BCUT2D eigenvalue weighted by Gasteiger charge is 2.59. The fourth-order valence-electron chi connectivity index (χ4n) is 5.87. The SMILES string of the molecule is CC(=O)C1=C(O)C[C@@H]2C[C@@H]3Cc4c(C(=O)Cc5ccccc5)ccc(O)c4C(=O)C3=C(O)[C@]2(O)C1=O. The summed E-state index contributed by atoms with van der Waals surface area (Å²) < 4.78 is 0. The van der Waals surface area contributed by atoms with Gasteiger partial charge in [-0.25, -0.2) is 0 Å². The van der Waals surface area contributed by atoms with Crippen LogP contribution in [-0.4, -0.2) is 49.2 Å². The van der Waals surface area contributed by atoms with E-state index in [1.54, 1.807) is 0 Å². The number of hydrogen-bond donors (Lipinski definition) is 4. The highest BCUT2D eigenvalue weighted by molar-refractivity contribution is 6.25. The standard InChI is InChI=1S/C28H24O8/c1-13(29)22-21(32)12-16-10-15-11-18-17(20(31)9-14-5-3-2-4-6-14)7-8-19(30)24(18)25(33)23(15)27(35)28(16,36)26(22)34/h2-8,15-16,30,32,35-36H,9-12H2,1H3/t15-,16+,28-/m1/s1. The number of aliphatic hydroxyl groups excluding tert-OH is 2. The minimum absolute atomic E-state index is 0.0457. The van der Waals surface area contributed by atoms with Crippen molar-refractivity contribution in [3.05, 3.63) is 87.4 Å². The zero-order valence-corrected chi connectivity index (χ0v) is 19.4. The lowest BCUT2D eigenvalue weighted by molar-refractivity contribution is -0.144. The van der Waals surface area contributed by atoms with Crippen molar-refractivity contribution in [3.63, 3.8) is 0 Å². The van der Waals surface area contributed by atoms with Crippen LogP contribution >= 0.6 is 0 Å². The van der Waals surface area contributed by atoms with Gasteiger partial charge in [0.25, 0.3) is 0 Å². The maximum atomic E-state index is 13.6. The molecule has 8 nitrogen and oxygen atoms in total. The van der Waals surface area contributed by atoms with E-state index in [2.05, 4.69) is 0 Å². The normalized spacial score (nSPS) is 25.3. The van der Waals surface area contributed by atoms with Crippen molar-refractivity contribution < 1.29 is 39.6 Å². The highest BCUT2D eigenvalue weighted by Crippen LogP contribution is 2.51. The number of Topliss-reactive ketones (excluding diaryl/α,β-unsaturated/α-hetero) is 4. The molecule has 0 spiro atoms. The molecule has 0 saturated carbocycles. The summed E-state index contributed by atoms with van der Waals surface area (Å²) in [7, 11) is 0. The molecule has 0 aliphatic heterocycles. The molecule has 0 amide bonds. The van der Waals surface area contributed by atoms with E-state index in [9.17, 15) is 39.6 Å². The first-order valence-electron chi connectivity index (χ1n) is 11.7. The molecule has 3 aliphatic rings. The summed E-state index contributed by atoms with van der Waals surface area (Å²) in [4.78, 5) is 51.8. The minimum atomic E-state index is -2.54. The smallest absolute Gasteiger partial charge is 0.209 e. The Labute approximate surface area is 206 Å². The fourth-order valence-corrected chi connectivity index (χ4v) is 5.87. The van der Waals surface area contributed by atoms with Crippen LogP contribution < -0.4 is 0 Å². The quantitative estimate of drug-likeness (QED) is 0.379. The van der Waals surface area contributed by atoms with E-state index in [0.29, 0.717) is 5.56 Å². The number of ketones is 4. The van der Waals surface area contributed by atoms with Crippen LogP contribution in [0.2, 0.25) is 0 Å². The van der Waals surface area contributed by atoms with Gasteiger partial charge in [0.05, 0.1) is 5.56 Å². The van der Waals surface area contributed by atoms with Gasteiger partial charge in [-0.1, -0.05) is 30.3 Å². The summed E-state index contributed by atoms with van der Waals surface area (Å²) in [5.74, 6) is -6.28. The molecular weight excluding hydrogens is 464 g/mol. The third-order valence-electron chi connectivity index (χ3n) is 7.56. The van der Waals surface area contributed by atoms with Gasteiger partial charge in [-0.15, -0.1) is 0 Å².